The van der Waals surface area contributed by atoms with Gasteiger partial charge in [0.25, 0.3) is 5.91 Å². The van der Waals surface area contributed by atoms with Crippen LogP contribution in [0.4, 0.5) is 4.39 Å². The molecule has 0 saturated heterocycles. The van der Waals surface area contributed by atoms with E-state index in [9.17, 15) is 9.18 Å². The predicted octanol–water partition coefficient (Wildman–Crippen LogP) is 4.62. The molecule has 2 aromatic carbocycles. The highest BCUT2D eigenvalue weighted by molar-refractivity contribution is 8.13. The number of hydrogen-bond acceptors (Lipinski definition) is 4. The van der Waals surface area contributed by atoms with Crippen LogP contribution >= 0.6 is 23.4 Å². The van der Waals surface area contributed by atoms with Gasteiger partial charge in [0.1, 0.15) is 11.6 Å². The Balaban J connectivity index is 1.75. The molecule has 1 amide bonds. The molecule has 3 rings (SSSR count). The maximum atomic E-state index is 13.9. The molecule has 0 spiro atoms. The fraction of sp³-hybridized carbons (Fsp3) is 0.263. The summed E-state index contributed by atoms with van der Waals surface area (Å²) in [7, 11) is 0. The Morgan fingerprint density at radius 2 is 2.12 bits per heavy atom. The third-order valence-corrected chi connectivity index (χ3v) is 5.27. The largest absolute Gasteiger partial charge is 0.493 e. The predicted molar refractivity (Wildman–Crippen MR) is 104 cm³/mol. The molecule has 1 aliphatic heterocycles. The van der Waals surface area contributed by atoms with Gasteiger partial charge in [-0.2, -0.15) is 0 Å². The van der Waals surface area contributed by atoms with E-state index >= 15 is 0 Å². The van der Waals surface area contributed by atoms with Gasteiger partial charge < -0.3 is 4.74 Å². The molecule has 7 heteroatoms. The molecule has 4 nitrogen and oxygen atoms in total. The molecule has 0 saturated carbocycles. The Morgan fingerprint density at radius 3 is 2.88 bits per heavy atom. The molecule has 0 radical (unpaired) electrons. The number of hydrogen-bond donors (Lipinski definition) is 0. The Hall–Kier alpha value is -2.05. The van der Waals surface area contributed by atoms with Crippen LogP contribution in [0.5, 0.6) is 5.75 Å². The van der Waals surface area contributed by atoms with Gasteiger partial charge in [-0.05, 0) is 31.2 Å². The summed E-state index contributed by atoms with van der Waals surface area (Å²) in [6, 6.07) is 11.7. The lowest BCUT2D eigenvalue weighted by Crippen LogP contribution is -2.33. The summed E-state index contributed by atoms with van der Waals surface area (Å²) < 4.78 is 19.5. The second-order valence-corrected chi connectivity index (χ2v) is 6.89. The second kappa shape index (κ2) is 8.56. The van der Waals surface area contributed by atoms with E-state index in [1.807, 2.05) is 13.0 Å². The third kappa shape index (κ3) is 4.02. The highest BCUT2D eigenvalue weighted by Crippen LogP contribution is 2.28. The van der Waals surface area contributed by atoms with Crippen LogP contribution in [-0.4, -0.2) is 35.7 Å². The van der Waals surface area contributed by atoms with Crippen molar-refractivity contribution in [3.63, 3.8) is 0 Å². The molecule has 0 bridgehead atoms. The summed E-state index contributed by atoms with van der Waals surface area (Å²) in [5.74, 6) is 0.329. The van der Waals surface area contributed by atoms with Crippen molar-refractivity contribution in [3.05, 3.63) is 64.4 Å². The molecule has 0 N–H and O–H groups in total. The van der Waals surface area contributed by atoms with Crippen LogP contribution in [0.3, 0.4) is 0 Å². The second-order valence-electron chi connectivity index (χ2n) is 5.54. The number of carbonyl (C=O) groups excluding carboxylic acids is 1. The number of aliphatic imine (C=N–C) groups is 1. The van der Waals surface area contributed by atoms with E-state index in [-0.39, 0.29) is 11.7 Å². The first kappa shape index (κ1) is 18.7. The van der Waals surface area contributed by atoms with Crippen molar-refractivity contribution < 1.29 is 13.9 Å². The molecule has 0 unspecified atom stereocenters. The van der Waals surface area contributed by atoms with Crippen LogP contribution in [0.15, 0.2) is 47.5 Å². The lowest BCUT2D eigenvalue weighted by Gasteiger charge is -2.19. The maximum Gasteiger partial charge on any atom is 0.263 e. The minimum Gasteiger partial charge on any atom is -0.493 e. The molecule has 0 aromatic heterocycles. The van der Waals surface area contributed by atoms with Crippen molar-refractivity contribution in [1.29, 1.82) is 0 Å². The van der Waals surface area contributed by atoms with Crippen molar-refractivity contribution in [2.45, 2.75) is 12.7 Å². The first-order valence-corrected chi connectivity index (χ1v) is 9.62. The normalized spacial score (nSPS) is 13.7. The molecule has 2 aromatic rings. The van der Waals surface area contributed by atoms with E-state index in [2.05, 4.69) is 4.99 Å². The average Bonchev–Trinajstić information content (AvgIpc) is 3.10. The van der Waals surface area contributed by atoms with Crippen molar-refractivity contribution in [2.24, 2.45) is 4.99 Å². The first-order chi connectivity index (χ1) is 12.6. The molecule has 0 fully saturated rings. The van der Waals surface area contributed by atoms with Gasteiger partial charge in [0, 0.05) is 22.9 Å². The zero-order valence-corrected chi connectivity index (χ0v) is 15.8. The number of ether oxygens (including phenoxy) is 1. The Kier molecular flexibility index (Phi) is 6.16. The van der Waals surface area contributed by atoms with E-state index in [4.69, 9.17) is 16.3 Å². The Bertz CT molecular complexity index is 824. The molecule has 136 valence electrons. The van der Waals surface area contributed by atoms with Crippen LogP contribution in [0, 0.1) is 5.82 Å². The number of carbonyl (C=O) groups is 1. The number of nitrogens with zero attached hydrogens (tertiary/aromatic N) is 2. The van der Waals surface area contributed by atoms with E-state index in [0.29, 0.717) is 52.5 Å². The van der Waals surface area contributed by atoms with E-state index in [1.54, 1.807) is 35.2 Å². The molecule has 0 aliphatic carbocycles. The fourth-order valence-electron chi connectivity index (χ4n) is 2.62. The minimum atomic E-state index is -0.358. The van der Waals surface area contributed by atoms with E-state index in [0.717, 1.165) is 0 Å². The summed E-state index contributed by atoms with van der Waals surface area (Å²) in [5, 5.41) is 0.941. The lowest BCUT2D eigenvalue weighted by atomic mass is 10.2. The molecular weight excluding hydrogens is 375 g/mol. The zero-order valence-electron chi connectivity index (χ0n) is 14.2. The molecule has 1 heterocycles. The number of amidine groups is 1. The average molecular weight is 393 g/mol. The zero-order chi connectivity index (χ0) is 18.5. The molecule has 0 atom stereocenters. The minimum absolute atomic E-state index is 0.169. The van der Waals surface area contributed by atoms with Gasteiger partial charge >= 0.3 is 0 Å². The van der Waals surface area contributed by atoms with Crippen LogP contribution in [0.2, 0.25) is 5.02 Å². The van der Waals surface area contributed by atoms with Gasteiger partial charge in [-0.1, -0.05) is 41.6 Å². The number of para-hydroxylation sites is 1. The van der Waals surface area contributed by atoms with Gasteiger partial charge in [-0.15, -0.1) is 0 Å². The Labute approximate surface area is 161 Å². The summed E-state index contributed by atoms with van der Waals surface area (Å²) in [4.78, 5) is 19.0. The summed E-state index contributed by atoms with van der Waals surface area (Å²) in [5.41, 5.74) is 0.907. The van der Waals surface area contributed by atoms with Crippen molar-refractivity contribution in [2.75, 3.05) is 19.7 Å². The van der Waals surface area contributed by atoms with E-state index in [1.165, 1.54) is 17.8 Å². The molecule has 26 heavy (non-hydrogen) atoms. The highest BCUT2D eigenvalue weighted by Gasteiger charge is 2.27. The van der Waals surface area contributed by atoms with Gasteiger partial charge in [-0.3, -0.25) is 14.7 Å². The van der Waals surface area contributed by atoms with Crippen molar-refractivity contribution >= 4 is 34.4 Å². The van der Waals surface area contributed by atoms with Crippen LogP contribution in [0.1, 0.15) is 22.8 Å². The Morgan fingerprint density at radius 1 is 1.31 bits per heavy atom. The smallest absolute Gasteiger partial charge is 0.263 e. The molecule has 1 aliphatic rings. The lowest BCUT2D eigenvalue weighted by molar-refractivity contribution is 0.0856. The SMILES string of the molecule is CCOc1ccccc1C(=O)N1CCN=C1SCc1c(F)cccc1Cl. The van der Waals surface area contributed by atoms with Crippen LogP contribution in [-0.2, 0) is 5.75 Å². The van der Waals surface area contributed by atoms with E-state index < -0.39 is 0 Å². The number of benzene rings is 2. The molecular formula is C19H18ClFN2O2S. The summed E-state index contributed by atoms with van der Waals surface area (Å²) >= 11 is 7.38. The van der Waals surface area contributed by atoms with Gasteiger partial charge in [0.15, 0.2) is 5.17 Å². The quantitative estimate of drug-likeness (QED) is 0.745. The van der Waals surface area contributed by atoms with Crippen molar-refractivity contribution in [1.82, 2.24) is 4.90 Å². The van der Waals surface area contributed by atoms with Crippen molar-refractivity contribution in [3.8, 4) is 5.75 Å². The fourth-order valence-corrected chi connectivity index (χ4v) is 4.00. The van der Waals surface area contributed by atoms with Gasteiger partial charge in [0.2, 0.25) is 0 Å². The maximum absolute atomic E-state index is 13.9. The number of thioether (sulfide) groups is 1. The summed E-state index contributed by atoms with van der Waals surface area (Å²) in [6.45, 7) is 3.37. The number of rotatable bonds is 5. The number of halogens is 2. The topological polar surface area (TPSA) is 41.9 Å². The van der Waals surface area contributed by atoms with Gasteiger partial charge in [0.05, 0.1) is 18.7 Å². The number of amides is 1. The highest BCUT2D eigenvalue weighted by atomic mass is 35.5. The van der Waals surface area contributed by atoms with Crippen LogP contribution < -0.4 is 4.74 Å². The van der Waals surface area contributed by atoms with Crippen LogP contribution in [0.25, 0.3) is 0 Å². The summed E-state index contributed by atoms with van der Waals surface area (Å²) in [6.07, 6.45) is 0. The monoisotopic (exact) mass is 392 g/mol. The third-order valence-electron chi connectivity index (χ3n) is 3.87. The van der Waals surface area contributed by atoms with Gasteiger partial charge in [-0.25, -0.2) is 4.39 Å². The standard InChI is InChI=1S/C19H18ClFN2O2S/c1-2-25-17-9-4-3-6-13(17)18(24)23-11-10-22-19(23)26-12-14-15(20)7-5-8-16(14)21/h3-9H,2,10-12H2,1H3. The first-order valence-electron chi connectivity index (χ1n) is 8.25.